The molecule has 0 aliphatic carbocycles. The van der Waals surface area contributed by atoms with E-state index in [1.54, 1.807) is 18.2 Å². The van der Waals surface area contributed by atoms with Gasteiger partial charge in [-0.05, 0) is 24.1 Å². The van der Waals surface area contributed by atoms with Crippen molar-refractivity contribution >= 4 is 23.2 Å². The first-order valence-corrected chi connectivity index (χ1v) is 6.19. The van der Waals surface area contributed by atoms with E-state index in [0.29, 0.717) is 17.2 Å². The molecule has 0 heterocycles. The highest BCUT2D eigenvalue weighted by Gasteiger charge is 2.11. The summed E-state index contributed by atoms with van der Waals surface area (Å²) in [6, 6.07) is 5.20. The predicted octanol–water partition coefficient (Wildman–Crippen LogP) is 4.30. The fourth-order valence-corrected chi connectivity index (χ4v) is 1.89. The van der Waals surface area contributed by atoms with Crippen LogP contribution in [0.15, 0.2) is 18.2 Å². The minimum atomic E-state index is -2.45. The summed E-state index contributed by atoms with van der Waals surface area (Å²) >= 11 is 12.1. The molecule has 1 rings (SSSR count). The standard InChI is InChI=1S/C12H14Cl2F2O2/c1-17-11-3-2-8(6-10(11)14)9(13)4-5-18-7-12(15)16/h2-3,6,9,12H,4-5,7H2,1H3. The number of halogens is 4. The molecule has 18 heavy (non-hydrogen) atoms. The molecule has 6 heteroatoms. The summed E-state index contributed by atoms with van der Waals surface area (Å²) < 4.78 is 33.5. The molecular formula is C12H14Cl2F2O2. The van der Waals surface area contributed by atoms with Gasteiger partial charge in [-0.2, -0.15) is 0 Å². The second-order valence-electron chi connectivity index (χ2n) is 3.62. The predicted molar refractivity (Wildman–Crippen MR) is 68.0 cm³/mol. The summed E-state index contributed by atoms with van der Waals surface area (Å²) in [7, 11) is 1.53. The van der Waals surface area contributed by atoms with Crippen molar-refractivity contribution in [1.82, 2.24) is 0 Å². The third kappa shape index (κ3) is 4.96. The van der Waals surface area contributed by atoms with Gasteiger partial charge < -0.3 is 9.47 Å². The lowest BCUT2D eigenvalue weighted by Crippen LogP contribution is -2.07. The van der Waals surface area contributed by atoms with E-state index in [4.69, 9.17) is 32.7 Å². The van der Waals surface area contributed by atoms with E-state index >= 15 is 0 Å². The smallest absolute Gasteiger partial charge is 0.261 e. The zero-order valence-electron chi connectivity index (χ0n) is 9.84. The molecule has 0 saturated heterocycles. The average molecular weight is 299 g/mol. The maximum atomic E-state index is 11.8. The summed E-state index contributed by atoms with van der Waals surface area (Å²) in [5.41, 5.74) is 0.808. The normalized spacial score (nSPS) is 12.8. The van der Waals surface area contributed by atoms with Crippen LogP contribution in [-0.2, 0) is 4.74 Å². The van der Waals surface area contributed by atoms with Gasteiger partial charge in [0.1, 0.15) is 12.4 Å². The quantitative estimate of drug-likeness (QED) is 0.552. The van der Waals surface area contributed by atoms with Gasteiger partial charge in [0.25, 0.3) is 6.43 Å². The highest BCUT2D eigenvalue weighted by Crippen LogP contribution is 2.31. The Labute approximate surface area is 115 Å². The number of rotatable bonds is 7. The van der Waals surface area contributed by atoms with Crippen molar-refractivity contribution < 1.29 is 18.3 Å². The Kier molecular flexibility index (Phi) is 6.68. The average Bonchev–Trinajstić information content (AvgIpc) is 2.34. The molecule has 1 atom stereocenters. The van der Waals surface area contributed by atoms with Gasteiger partial charge in [0.05, 0.1) is 17.5 Å². The molecule has 2 nitrogen and oxygen atoms in total. The SMILES string of the molecule is COc1ccc(C(Cl)CCOCC(F)F)cc1Cl. The molecule has 1 aromatic carbocycles. The molecule has 1 aromatic rings. The van der Waals surface area contributed by atoms with Gasteiger partial charge in [0.2, 0.25) is 0 Å². The van der Waals surface area contributed by atoms with Crippen LogP contribution in [0.3, 0.4) is 0 Å². The maximum Gasteiger partial charge on any atom is 0.261 e. The molecule has 0 N–H and O–H groups in total. The highest BCUT2D eigenvalue weighted by molar-refractivity contribution is 6.32. The van der Waals surface area contributed by atoms with Gasteiger partial charge in [-0.15, -0.1) is 11.6 Å². The van der Waals surface area contributed by atoms with E-state index in [9.17, 15) is 8.78 Å². The van der Waals surface area contributed by atoms with Gasteiger partial charge in [0.15, 0.2) is 0 Å². The Hall–Kier alpha value is -0.580. The first-order valence-electron chi connectivity index (χ1n) is 5.38. The summed E-state index contributed by atoms with van der Waals surface area (Å²) in [4.78, 5) is 0. The van der Waals surface area contributed by atoms with Crippen molar-refractivity contribution in [2.45, 2.75) is 18.2 Å². The number of methoxy groups -OCH3 is 1. The van der Waals surface area contributed by atoms with Crippen molar-refractivity contribution in [2.24, 2.45) is 0 Å². The molecule has 0 fully saturated rings. The zero-order chi connectivity index (χ0) is 13.5. The Morgan fingerprint density at radius 1 is 1.33 bits per heavy atom. The zero-order valence-corrected chi connectivity index (χ0v) is 11.3. The largest absolute Gasteiger partial charge is 0.495 e. The third-order valence-corrected chi connectivity index (χ3v) is 3.06. The van der Waals surface area contributed by atoms with E-state index in [-0.39, 0.29) is 12.0 Å². The van der Waals surface area contributed by atoms with Gasteiger partial charge >= 0.3 is 0 Å². The lowest BCUT2D eigenvalue weighted by atomic mass is 10.1. The molecule has 0 radical (unpaired) electrons. The molecule has 0 saturated carbocycles. The Balaban J connectivity index is 2.46. The topological polar surface area (TPSA) is 18.5 Å². The molecule has 1 unspecified atom stereocenters. The molecule has 0 aromatic heterocycles. The van der Waals surface area contributed by atoms with Crippen molar-refractivity contribution in [1.29, 1.82) is 0 Å². The maximum absolute atomic E-state index is 11.8. The Morgan fingerprint density at radius 3 is 2.61 bits per heavy atom. The van der Waals surface area contributed by atoms with Crippen LogP contribution < -0.4 is 4.74 Å². The van der Waals surface area contributed by atoms with Crippen LogP contribution in [0, 0.1) is 0 Å². The van der Waals surface area contributed by atoms with Crippen LogP contribution >= 0.6 is 23.2 Å². The van der Waals surface area contributed by atoms with Gasteiger partial charge in [-0.25, -0.2) is 8.78 Å². The fraction of sp³-hybridized carbons (Fsp3) is 0.500. The Bertz CT molecular complexity index is 375. The first-order chi connectivity index (χ1) is 8.54. The fourth-order valence-electron chi connectivity index (χ4n) is 1.40. The monoisotopic (exact) mass is 298 g/mol. The van der Waals surface area contributed by atoms with Crippen molar-refractivity contribution in [3.05, 3.63) is 28.8 Å². The van der Waals surface area contributed by atoms with Gasteiger partial charge in [0, 0.05) is 6.61 Å². The van der Waals surface area contributed by atoms with Crippen LogP contribution in [0.5, 0.6) is 5.75 Å². The van der Waals surface area contributed by atoms with Crippen LogP contribution in [-0.4, -0.2) is 26.7 Å². The number of benzene rings is 1. The molecule has 0 aliphatic heterocycles. The van der Waals surface area contributed by atoms with E-state index in [1.807, 2.05) is 0 Å². The van der Waals surface area contributed by atoms with Crippen LogP contribution in [0.4, 0.5) is 8.78 Å². The van der Waals surface area contributed by atoms with Crippen molar-refractivity contribution in [3.8, 4) is 5.75 Å². The lowest BCUT2D eigenvalue weighted by Gasteiger charge is -2.12. The lowest BCUT2D eigenvalue weighted by molar-refractivity contribution is 0.0165. The summed E-state index contributed by atoms with van der Waals surface area (Å²) in [5.74, 6) is 0.568. The van der Waals surface area contributed by atoms with Gasteiger partial charge in [-0.3, -0.25) is 0 Å². The van der Waals surface area contributed by atoms with Crippen molar-refractivity contribution in [2.75, 3.05) is 20.3 Å². The molecule has 0 aliphatic rings. The van der Waals surface area contributed by atoms with E-state index in [2.05, 4.69) is 0 Å². The van der Waals surface area contributed by atoms with Crippen LogP contribution in [0.2, 0.25) is 5.02 Å². The minimum absolute atomic E-state index is 0.183. The summed E-state index contributed by atoms with van der Waals surface area (Å²) in [6.07, 6.45) is -2.01. The highest BCUT2D eigenvalue weighted by atomic mass is 35.5. The molecular weight excluding hydrogens is 285 g/mol. The molecule has 0 bridgehead atoms. The second kappa shape index (κ2) is 7.77. The number of hydrogen-bond donors (Lipinski definition) is 0. The van der Waals surface area contributed by atoms with Crippen LogP contribution in [0.1, 0.15) is 17.4 Å². The molecule has 102 valence electrons. The molecule has 0 amide bonds. The number of alkyl halides is 3. The van der Waals surface area contributed by atoms with Crippen LogP contribution in [0.25, 0.3) is 0 Å². The number of hydrogen-bond acceptors (Lipinski definition) is 2. The first kappa shape index (κ1) is 15.5. The summed E-state index contributed by atoms with van der Waals surface area (Å²) in [6.45, 7) is -0.380. The van der Waals surface area contributed by atoms with Gasteiger partial charge in [-0.1, -0.05) is 17.7 Å². The van der Waals surface area contributed by atoms with E-state index in [0.717, 1.165) is 5.56 Å². The minimum Gasteiger partial charge on any atom is -0.495 e. The molecule has 0 spiro atoms. The third-order valence-electron chi connectivity index (χ3n) is 2.30. The van der Waals surface area contributed by atoms with Crippen molar-refractivity contribution in [3.63, 3.8) is 0 Å². The number of ether oxygens (including phenoxy) is 2. The second-order valence-corrected chi connectivity index (χ2v) is 4.55. The van der Waals surface area contributed by atoms with E-state index in [1.165, 1.54) is 7.11 Å². The summed E-state index contributed by atoms with van der Waals surface area (Å²) in [5, 5.41) is 0.139. The van der Waals surface area contributed by atoms with E-state index < -0.39 is 13.0 Å². The Morgan fingerprint density at radius 2 is 2.06 bits per heavy atom.